The summed E-state index contributed by atoms with van der Waals surface area (Å²) in [6.07, 6.45) is 1.31. The monoisotopic (exact) mass is 339 g/mol. The molecule has 0 radical (unpaired) electrons. The molecule has 1 aromatic carbocycles. The van der Waals surface area contributed by atoms with Crippen LogP contribution in [0.3, 0.4) is 0 Å². The molecule has 0 bridgehead atoms. The molecule has 2 rings (SSSR count). The zero-order chi connectivity index (χ0) is 16.4. The van der Waals surface area contributed by atoms with E-state index in [1.165, 1.54) is 18.0 Å². The molecule has 1 aromatic rings. The maximum atomic E-state index is 12.2. The summed E-state index contributed by atoms with van der Waals surface area (Å²) >= 11 is 6.03. The molecule has 0 saturated carbocycles. The number of carbonyl (C=O) groups is 1. The van der Waals surface area contributed by atoms with Crippen LogP contribution in [0.25, 0.3) is 6.08 Å². The zero-order valence-corrected chi connectivity index (χ0v) is 13.3. The van der Waals surface area contributed by atoms with E-state index in [2.05, 4.69) is 0 Å². The normalized spacial score (nSPS) is 16.5. The van der Waals surface area contributed by atoms with E-state index in [4.69, 9.17) is 17.0 Å². The number of nitro benzene ring substituents is 1. The summed E-state index contributed by atoms with van der Waals surface area (Å²) in [7, 11) is 1.52. The van der Waals surface area contributed by atoms with Crippen molar-refractivity contribution >= 4 is 46.0 Å². The van der Waals surface area contributed by atoms with E-state index in [0.717, 1.165) is 23.9 Å². The number of nitro groups is 1. The van der Waals surface area contributed by atoms with Gasteiger partial charge in [-0.25, -0.2) is 0 Å². The van der Waals surface area contributed by atoms with Crippen molar-refractivity contribution in [1.82, 2.24) is 4.90 Å². The molecule has 0 N–H and O–H groups in total. The number of hydrogen-bond acceptors (Lipinski definition) is 7. The van der Waals surface area contributed by atoms with Gasteiger partial charge < -0.3 is 9.84 Å². The van der Waals surface area contributed by atoms with Crippen LogP contribution in [0.4, 0.5) is 5.69 Å². The third kappa shape index (κ3) is 3.04. The van der Waals surface area contributed by atoms with Gasteiger partial charge in [0.2, 0.25) is 0 Å². The van der Waals surface area contributed by atoms with Gasteiger partial charge in [0.25, 0.3) is 11.6 Å². The predicted molar refractivity (Wildman–Crippen MR) is 84.6 cm³/mol. The lowest BCUT2D eigenvalue weighted by atomic mass is 10.1. The van der Waals surface area contributed by atoms with E-state index in [1.54, 1.807) is 6.92 Å². The Labute approximate surface area is 135 Å². The third-order valence-electron chi connectivity index (χ3n) is 2.85. The van der Waals surface area contributed by atoms with Gasteiger partial charge >= 0.3 is 0 Å². The Bertz CT molecular complexity index is 702. The summed E-state index contributed by atoms with van der Waals surface area (Å²) in [6, 6.07) is 2.20. The molecule has 1 amide bonds. The molecule has 1 saturated heterocycles. The van der Waals surface area contributed by atoms with Crippen LogP contribution in [-0.4, -0.2) is 33.7 Å². The second kappa shape index (κ2) is 6.32. The van der Waals surface area contributed by atoms with Gasteiger partial charge in [-0.3, -0.25) is 19.8 Å². The van der Waals surface area contributed by atoms with Crippen molar-refractivity contribution in [2.75, 3.05) is 13.7 Å². The number of amides is 1. The molecule has 0 atom stereocenters. The number of thiocarbonyl (C=S) groups is 1. The van der Waals surface area contributed by atoms with Gasteiger partial charge in [0.05, 0.1) is 22.5 Å². The number of rotatable bonds is 4. The van der Waals surface area contributed by atoms with E-state index in [0.29, 0.717) is 4.32 Å². The summed E-state index contributed by atoms with van der Waals surface area (Å²) in [4.78, 5) is 23.8. The Kier molecular flexibility index (Phi) is 4.67. The molecule has 0 spiro atoms. The standard InChI is InChI=1S/C13H12N2O5S2/c1-3-20-9-6-8(15(18)19)4-7(11(9)16)5-10-12(17)14(2)13(21)22-10/h4-6,16H,3H2,1-2H3/p-1/b10-5-. The first-order valence-corrected chi connectivity index (χ1v) is 7.41. The lowest BCUT2D eigenvalue weighted by molar-refractivity contribution is -0.385. The van der Waals surface area contributed by atoms with E-state index in [9.17, 15) is 20.0 Å². The highest BCUT2D eigenvalue weighted by Crippen LogP contribution is 2.37. The number of likely N-dealkylation sites (N-methyl/N-ethyl adjacent to an activating group) is 1. The quantitative estimate of drug-likeness (QED) is 0.358. The van der Waals surface area contributed by atoms with E-state index in [-0.39, 0.29) is 34.4 Å². The first-order valence-electron chi connectivity index (χ1n) is 6.19. The minimum atomic E-state index is -0.621. The fraction of sp³-hybridized carbons (Fsp3) is 0.231. The van der Waals surface area contributed by atoms with Gasteiger partial charge in [0.1, 0.15) is 10.1 Å². The van der Waals surface area contributed by atoms with Crippen LogP contribution >= 0.6 is 24.0 Å². The minimum Gasteiger partial charge on any atom is -0.870 e. The molecule has 0 aliphatic carbocycles. The lowest BCUT2D eigenvalue weighted by Gasteiger charge is -2.16. The Morgan fingerprint density at radius 1 is 1.50 bits per heavy atom. The third-order valence-corrected chi connectivity index (χ3v) is 4.34. The highest BCUT2D eigenvalue weighted by atomic mass is 32.2. The maximum Gasteiger partial charge on any atom is 0.273 e. The Morgan fingerprint density at radius 3 is 2.68 bits per heavy atom. The molecule has 22 heavy (non-hydrogen) atoms. The fourth-order valence-electron chi connectivity index (χ4n) is 1.77. The number of ether oxygens (including phenoxy) is 1. The molecule has 7 nitrogen and oxygen atoms in total. The maximum absolute atomic E-state index is 12.2. The van der Waals surface area contributed by atoms with Crippen molar-refractivity contribution in [3.05, 3.63) is 32.7 Å². The second-order valence-corrected chi connectivity index (χ2v) is 5.97. The summed E-state index contributed by atoms with van der Waals surface area (Å²) in [5, 5.41) is 23.2. The number of thioether (sulfide) groups is 1. The van der Waals surface area contributed by atoms with Crippen LogP contribution in [0.5, 0.6) is 11.5 Å². The van der Waals surface area contributed by atoms with Gasteiger partial charge in [-0.05, 0) is 18.6 Å². The summed E-state index contributed by atoms with van der Waals surface area (Å²) in [5.74, 6) is -0.970. The number of benzene rings is 1. The van der Waals surface area contributed by atoms with Crippen molar-refractivity contribution < 1.29 is 19.6 Å². The zero-order valence-electron chi connectivity index (χ0n) is 11.7. The van der Waals surface area contributed by atoms with E-state index in [1.807, 2.05) is 0 Å². The Morgan fingerprint density at radius 2 is 2.18 bits per heavy atom. The van der Waals surface area contributed by atoms with Gasteiger partial charge in [0.15, 0.2) is 0 Å². The van der Waals surface area contributed by atoms with Crippen LogP contribution in [0.1, 0.15) is 12.5 Å². The summed E-state index contributed by atoms with van der Waals surface area (Å²) in [5.41, 5.74) is -0.257. The Balaban J connectivity index is 2.53. The lowest BCUT2D eigenvalue weighted by Crippen LogP contribution is -2.22. The van der Waals surface area contributed by atoms with E-state index >= 15 is 0 Å². The molecule has 9 heteroatoms. The van der Waals surface area contributed by atoms with Crippen LogP contribution in [0, 0.1) is 10.1 Å². The van der Waals surface area contributed by atoms with Crippen LogP contribution < -0.4 is 9.84 Å². The predicted octanol–water partition coefficient (Wildman–Crippen LogP) is 1.90. The van der Waals surface area contributed by atoms with Crippen molar-refractivity contribution in [1.29, 1.82) is 0 Å². The van der Waals surface area contributed by atoms with Crippen LogP contribution in [0.2, 0.25) is 0 Å². The first kappa shape index (κ1) is 16.2. The molecule has 116 valence electrons. The highest BCUT2D eigenvalue weighted by Gasteiger charge is 2.29. The van der Waals surface area contributed by atoms with Crippen molar-refractivity contribution in [2.45, 2.75) is 6.92 Å². The largest absolute Gasteiger partial charge is 0.870 e. The fourth-order valence-corrected chi connectivity index (χ4v) is 2.94. The second-order valence-electron chi connectivity index (χ2n) is 4.29. The number of hydrogen-bond donors (Lipinski definition) is 0. The van der Waals surface area contributed by atoms with Gasteiger partial charge in [-0.2, -0.15) is 0 Å². The summed E-state index contributed by atoms with van der Waals surface area (Å²) < 4.78 is 5.49. The average Bonchev–Trinajstić information content (AvgIpc) is 2.70. The smallest absolute Gasteiger partial charge is 0.273 e. The number of nitrogens with zero attached hydrogens (tertiary/aromatic N) is 2. The number of carbonyl (C=O) groups excluding carboxylic acids is 1. The average molecular weight is 339 g/mol. The molecule has 1 aliphatic heterocycles. The van der Waals surface area contributed by atoms with E-state index < -0.39 is 10.7 Å². The van der Waals surface area contributed by atoms with Crippen molar-refractivity contribution in [3.63, 3.8) is 0 Å². The van der Waals surface area contributed by atoms with Gasteiger partial charge in [-0.15, -0.1) is 0 Å². The molecule has 1 aliphatic rings. The molecular weight excluding hydrogens is 328 g/mol. The van der Waals surface area contributed by atoms with Gasteiger partial charge in [-0.1, -0.05) is 29.7 Å². The topological polar surface area (TPSA) is 95.7 Å². The molecular formula is C13H11N2O5S2-. The first-order chi connectivity index (χ1) is 10.3. The van der Waals surface area contributed by atoms with Crippen molar-refractivity contribution in [2.24, 2.45) is 0 Å². The van der Waals surface area contributed by atoms with Crippen LogP contribution in [0.15, 0.2) is 17.0 Å². The molecule has 1 heterocycles. The highest BCUT2D eigenvalue weighted by molar-refractivity contribution is 8.26. The van der Waals surface area contributed by atoms with Crippen LogP contribution in [-0.2, 0) is 4.79 Å². The molecule has 0 unspecified atom stereocenters. The molecule has 0 aromatic heterocycles. The molecule has 1 fully saturated rings. The summed E-state index contributed by atoms with van der Waals surface area (Å²) in [6.45, 7) is 1.87. The minimum absolute atomic E-state index is 0.0200. The van der Waals surface area contributed by atoms with Gasteiger partial charge in [0, 0.05) is 13.1 Å². The van der Waals surface area contributed by atoms with Crippen molar-refractivity contribution in [3.8, 4) is 11.5 Å². The number of non-ortho nitro benzene ring substituents is 1. The Hall–Kier alpha value is -2.13. The SMILES string of the molecule is CCOc1cc([N+](=O)[O-])cc(/C=C2\SC(=S)N(C)C2=O)c1[O-].